The summed E-state index contributed by atoms with van der Waals surface area (Å²) in [4.78, 5) is 18.7. The fourth-order valence-corrected chi connectivity index (χ4v) is 4.20. The van der Waals surface area contributed by atoms with E-state index in [9.17, 15) is 9.90 Å². The van der Waals surface area contributed by atoms with E-state index in [1.807, 2.05) is 24.0 Å². The van der Waals surface area contributed by atoms with Crippen molar-refractivity contribution >= 4 is 5.91 Å². The molecule has 1 spiro atoms. The summed E-state index contributed by atoms with van der Waals surface area (Å²) in [6.07, 6.45) is 7.47. The maximum atomic E-state index is 12.5. The molecule has 2 aliphatic rings. The molecular formula is C18H26N2O2. The molecule has 4 heteroatoms. The van der Waals surface area contributed by atoms with Crippen LogP contribution in [0.2, 0.25) is 0 Å². The van der Waals surface area contributed by atoms with Crippen LogP contribution in [0.25, 0.3) is 0 Å². The number of carbonyl (C=O) groups is 1. The highest BCUT2D eigenvalue weighted by Crippen LogP contribution is 2.58. The van der Waals surface area contributed by atoms with E-state index in [2.05, 4.69) is 11.9 Å². The zero-order chi connectivity index (χ0) is 15.8. The van der Waals surface area contributed by atoms with Gasteiger partial charge >= 0.3 is 0 Å². The molecule has 1 amide bonds. The predicted molar refractivity (Wildman–Crippen MR) is 85.6 cm³/mol. The number of rotatable bonds is 3. The van der Waals surface area contributed by atoms with Gasteiger partial charge < -0.3 is 10.0 Å². The van der Waals surface area contributed by atoms with E-state index < -0.39 is 5.60 Å². The van der Waals surface area contributed by atoms with Crippen LogP contribution in [-0.4, -0.2) is 39.6 Å². The number of pyridine rings is 1. The number of carbonyl (C=O) groups excluding carboxylic acids is 1. The maximum absolute atomic E-state index is 12.5. The van der Waals surface area contributed by atoms with Crippen molar-refractivity contribution in [2.75, 3.05) is 13.1 Å². The van der Waals surface area contributed by atoms with Gasteiger partial charge in [0.25, 0.3) is 5.91 Å². The highest BCUT2D eigenvalue weighted by molar-refractivity contribution is 5.94. The highest BCUT2D eigenvalue weighted by atomic mass is 16.3. The quantitative estimate of drug-likeness (QED) is 0.934. The second-order valence-electron chi connectivity index (χ2n) is 7.04. The van der Waals surface area contributed by atoms with Crippen molar-refractivity contribution in [3.63, 3.8) is 0 Å². The Hall–Kier alpha value is -1.42. The molecule has 1 aliphatic heterocycles. The summed E-state index contributed by atoms with van der Waals surface area (Å²) in [6.45, 7) is 5.55. The lowest BCUT2D eigenvalue weighted by Gasteiger charge is -2.59. The smallest absolute Gasteiger partial charge is 0.255 e. The SMILES string of the molecule is CCCC1(O)CCC12CCN(C(=O)c1ccc(C)nc1)CC2. The minimum absolute atomic E-state index is 0.0608. The summed E-state index contributed by atoms with van der Waals surface area (Å²) in [6, 6.07) is 3.73. The van der Waals surface area contributed by atoms with E-state index in [1.165, 1.54) is 0 Å². The largest absolute Gasteiger partial charge is 0.389 e. The van der Waals surface area contributed by atoms with Crippen LogP contribution in [0.15, 0.2) is 18.3 Å². The number of aliphatic hydroxyl groups is 1. The lowest BCUT2D eigenvalue weighted by molar-refractivity contribution is -0.191. The minimum atomic E-state index is -0.484. The Morgan fingerprint density at radius 3 is 2.50 bits per heavy atom. The summed E-state index contributed by atoms with van der Waals surface area (Å²) in [7, 11) is 0. The summed E-state index contributed by atoms with van der Waals surface area (Å²) < 4.78 is 0. The van der Waals surface area contributed by atoms with Gasteiger partial charge in [-0.1, -0.05) is 13.3 Å². The number of amides is 1. The zero-order valence-corrected chi connectivity index (χ0v) is 13.6. The molecule has 2 fully saturated rings. The predicted octanol–water partition coefficient (Wildman–Crippen LogP) is 2.94. The first-order chi connectivity index (χ1) is 10.5. The van der Waals surface area contributed by atoms with E-state index in [1.54, 1.807) is 6.20 Å². The number of piperidine rings is 1. The van der Waals surface area contributed by atoms with Gasteiger partial charge in [-0.25, -0.2) is 0 Å². The molecule has 22 heavy (non-hydrogen) atoms. The van der Waals surface area contributed by atoms with Crippen molar-refractivity contribution in [1.82, 2.24) is 9.88 Å². The number of likely N-dealkylation sites (tertiary alicyclic amines) is 1. The third-order valence-corrected chi connectivity index (χ3v) is 5.83. The van der Waals surface area contributed by atoms with Crippen molar-refractivity contribution in [3.05, 3.63) is 29.6 Å². The molecule has 0 bridgehead atoms. The van der Waals surface area contributed by atoms with Gasteiger partial charge in [-0.2, -0.15) is 0 Å². The van der Waals surface area contributed by atoms with Gasteiger partial charge in [0, 0.05) is 30.4 Å². The van der Waals surface area contributed by atoms with Crippen molar-refractivity contribution in [2.24, 2.45) is 5.41 Å². The molecule has 1 N–H and O–H groups in total. The van der Waals surface area contributed by atoms with Crippen LogP contribution in [0.1, 0.15) is 61.5 Å². The van der Waals surface area contributed by atoms with E-state index in [-0.39, 0.29) is 11.3 Å². The van der Waals surface area contributed by atoms with Crippen molar-refractivity contribution in [1.29, 1.82) is 0 Å². The average molecular weight is 302 g/mol. The monoisotopic (exact) mass is 302 g/mol. The molecule has 1 saturated carbocycles. The molecule has 1 aromatic rings. The summed E-state index contributed by atoms with van der Waals surface area (Å²) in [5, 5.41) is 10.8. The first-order valence-electron chi connectivity index (χ1n) is 8.44. The molecule has 1 aliphatic carbocycles. The van der Waals surface area contributed by atoms with Crippen LogP contribution in [0, 0.1) is 12.3 Å². The maximum Gasteiger partial charge on any atom is 0.255 e. The molecule has 0 radical (unpaired) electrons. The standard InChI is InChI=1S/C18H26N2O2/c1-3-6-18(22)8-7-17(18)9-11-20(12-10-17)16(21)15-5-4-14(2)19-13-15/h4-5,13,22H,3,6-12H2,1-2H3. The first kappa shape index (κ1) is 15.5. The third kappa shape index (κ3) is 2.43. The Morgan fingerprint density at radius 2 is 2.00 bits per heavy atom. The van der Waals surface area contributed by atoms with Crippen LogP contribution < -0.4 is 0 Å². The number of aryl methyl sites for hydroxylation is 1. The molecule has 1 saturated heterocycles. The topological polar surface area (TPSA) is 53.4 Å². The second kappa shape index (κ2) is 5.65. The molecule has 3 rings (SSSR count). The van der Waals surface area contributed by atoms with Gasteiger partial charge in [-0.15, -0.1) is 0 Å². The molecular weight excluding hydrogens is 276 g/mol. The minimum Gasteiger partial charge on any atom is -0.389 e. The van der Waals surface area contributed by atoms with Crippen LogP contribution in [0.4, 0.5) is 0 Å². The number of hydrogen-bond donors (Lipinski definition) is 1. The molecule has 1 atom stereocenters. The fourth-order valence-electron chi connectivity index (χ4n) is 4.20. The van der Waals surface area contributed by atoms with Crippen molar-refractivity contribution < 1.29 is 9.90 Å². The lowest BCUT2D eigenvalue weighted by Crippen LogP contribution is -2.61. The van der Waals surface area contributed by atoms with E-state index >= 15 is 0 Å². The highest BCUT2D eigenvalue weighted by Gasteiger charge is 2.57. The Balaban J connectivity index is 1.64. The van der Waals surface area contributed by atoms with Crippen molar-refractivity contribution in [3.8, 4) is 0 Å². The average Bonchev–Trinajstić information content (AvgIpc) is 2.54. The Morgan fingerprint density at radius 1 is 1.27 bits per heavy atom. The first-order valence-corrected chi connectivity index (χ1v) is 8.44. The second-order valence-corrected chi connectivity index (χ2v) is 7.04. The Kier molecular flexibility index (Phi) is 3.98. The number of nitrogens with zero attached hydrogens (tertiary/aromatic N) is 2. The van der Waals surface area contributed by atoms with Gasteiger partial charge in [0.15, 0.2) is 0 Å². The lowest BCUT2D eigenvalue weighted by atomic mass is 9.51. The van der Waals surface area contributed by atoms with Crippen molar-refractivity contribution in [2.45, 2.75) is 58.0 Å². The molecule has 1 aromatic heterocycles. The molecule has 0 aromatic carbocycles. The molecule has 4 nitrogen and oxygen atoms in total. The third-order valence-electron chi connectivity index (χ3n) is 5.83. The van der Waals surface area contributed by atoms with E-state index in [4.69, 9.17) is 0 Å². The van der Waals surface area contributed by atoms with Gasteiger partial charge in [0.05, 0.1) is 11.2 Å². The number of aromatic nitrogens is 1. The molecule has 2 heterocycles. The van der Waals surface area contributed by atoms with Crippen LogP contribution >= 0.6 is 0 Å². The van der Waals surface area contributed by atoms with Gasteiger partial charge in [-0.3, -0.25) is 9.78 Å². The summed E-state index contributed by atoms with van der Waals surface area (Å²) >= 11 is 0. The van der Waals surface area contributed by atoms with E-state index in [0.717, 1.165) is 57.3 Å². The van der Waals surface area contributed by atoms with Gasteiger partial charge in [0.1, 0.15) is 0 Å². The summed E-state index contributed by atoms with van der Waals surface area (Å²) in [5.74, 6) is 0.0701. The summed E-state index contributed by atoms with van der Waals surface area (Å²) in [5.41, 5.74) is 1.17. The molecule has 120 valence electrons. The van der Waals surface area contributed by atoms with Crippen LogP contribution in [-0.2, 0) is 0 Å². The van der Waals surface area contributed by atoms with E-state index in [0.29, 0.717) is 5.56 Å². The molecule has 1 unspecified atom stereocenters. The zero-order valence-electron chi connectivity index (χ0n) is 13.6. The van der Waals surface area contributed by atoms with Crippen LogP contribution in [0.5, 0.6) is 0 Å². The Bertz CT molecular complexity index is 547. The normalized spacial score (nSPS) is 26.8. The Labute approximate surface area is 132 Å². The van der Waals surface area contributed by atoms with Crippen LogP contribution in [0.3, 0.4) is 0 Å². The van der Waals surface area contributed by atoms with Gasteiger partial charge in [-0.05, 0) is 51.2 Å². The van der Waals surface area contributed by atoms with Gasteiger partial charge in [0.2, 0.25) is 0 Å². The number of hydrogen-bond acceptors (Lipinski definition) is 3. The fraction of sp³-hybridized carbons (Fsp3) is 0.667.